The molecule has 0 saturated heterocycles. The van der Waals surface area contributed by atoms with E-state index in [-0.39, 0.29) is 5.75 Å². The average molecular weight is 312 g/mol. The third-order valence-electron chi connectivity index (χ3n) is 3.53. The highest BCUT2D eigenvalue weighted by molar-refractivity contribution is 7.99. The Morgan fingerprint density at radius 2 is 2.40 bits per heavy atom. The number of hydrogen-bond acceptors (Lipinski definition) is 4. The molecule has 1 fully saturated rings. The van der Waals surface area contributed by atoms with Crippen molar-refractivity contribution in [3.05, 3.63) is 17.3 Å². The van der Waals surface area contributed by atoms with Gasteiger partial charge in [0.05, 0.1) is 10.8 Å². The predicted molar refractivity (Wildman–Crippen MR) is 78.2 cm³/mol. The van der Waals surface area contributed by atoms with Crippen LogP contribution < -0.4 is 0 Å². The van der Waals surface area contributed by atoms with E-state index in [1.165, 1.54) is 18.2 Å². The monoisotopic (exact) mass is 311 g/mol. The summed E-state index contributed by atoms with van der Waals surface area (Å²) in [5.41, 5.74) is 1.50. The molecule has 2 atom stereocenters. The summed E-state index contributed by atoms with van der Waals surface area (Å²) >= 11 is 7.16. The van der Waals surface area contributed by atoms with Crippen LogP contribution in [-0.2, 0) is 11.3 Å². The number of hydrogen-bond donors (Lipinski definition) is 1. The number of imidazole rings is 1. The molecule has 2 unspecified atom stereocenters. The summed E-state index contributed by atoms with van der Waals surface area (Å²) in [5, 5.41) is 10.1. The second kappa shape index (κ2) is 5.26. The highest BCUT2D eigenvalue weighted by Crippen LogP contribution is 2.40. The van der Waals surface area contributed by atoms with Crippen molar-refractivity contribution in [1.29, 1.82) is 0 Å². The fraction of sp³-hybridized carbons (Fsp3) is 0.462. The summed E-state index contributed by atoms with van der Waals surface area (Å²) in [6.07, 6.45) is 2.81. The van der Waals surface area contributed by atoms with Gasteiger partial charge in [-0.25, -0.2) is 9.97 Å². The standard InChI is InChI=1S/C13H14ClN3O2S/c1-7-2-8(7)5-17-12-10(3-9(14)4-15-12)16-13(17)20-6-11(18)19/h3-4,7-8H,2,5-6H2,1H3,(H,18,19). The molecule has 2 aromatic heterocycles. The Balaban J connectivity index is 1.96. The Morgan fingerprint density at radius 3 is 3.05 bits per heavy atom. The van der Waals surface area contributed by atoms with Crippen LogP contribution >= 0.6 is 23.4 Å². The minimum atomic E-state index is -0.848. The predicted octanol–water partition coefficient (Wildman–Crippen LogP) is 2.92. The molecule has 3 rings (SSSR count). The summed E-state index contributed by atoms with van der Waals surface area (Å²) in [5.74, 6) is 0.502. The molecule has 1 aliphatic carbocycles. The quantitative estimate of drug-likeness (QED) is 0.860. The van der Waals surface area contributed by atoms with Crippen molar-refractivity contribution < 1.29 is 9.90 Å². The van der Waals surface area contributed by atoms with Crippen molar-refractivity contribution >= 4 is 40.5 Å². The summed E-state index contributed by atoms with van der Waals surface area (Å²) in [6, 6.07) is 1.77. The van der Waals surface area contributed by atoms with E-state index in [4.69, 9.17) is 16.7 Å². The topological polar surface area (TPSA) is 68.0 Å². The molecule has 106 valence electrons. The lowest BCUT2D eigenvalue weighted by molar-refractivity contribution is -0.133. The summed E-state index contributed by atoms with van der Waals surface area (Å²) in [6.45, 7) is 3.06. The molecule has 0 aromatic carbocycles. The Labute approximate surface area is 125 Å². The Kier molecular flexibility index (Phi) is 3.60. The molecule has 2 heterocycles. The van der Waals surface area contributed by atoms with Crippen LogP contribution in [-0.4, -0.2) is 31.4 Å². The molecular weight excluding hydrogens is 298 g/mol. The maximum absolute atomic E-state index is 10.7. The van der Waals surface area contributed by atoms with Crippen molar-refractivity contribution in [2.24, 2.45) is 11.8 Å². The van der Waals surface area contributed by atoms with E-state index >= 15 is 0 Å². The fourth-order valence-corrected chi connectivity index (χ4v) is 3.14. The molecule has 2 aromatic rings. The number of carboxylic acid groups (broad SMARTS) is 1. The first kappa shape index (κ1) is 13.7. The van der Waals surface area contributed by atoms with E-state index in [9.17, 15) is 4.79 Å². The van der Waals surface area contributed by atoms with E-state index in [0.29, 0.717) is 16.1 Å². The molecule has 1 saturated carbocycles. The maximum atomic E-state index is 10.7. The summed E-state index contributed by atoms with van der Waals surface area (Å²) < 4.78 is 2.02. The Morgan fingerprint density at radius 1 is 1.65 bits per heavy atom. The molecule has 1 aliphatic rings. The van der Waals surface area contributed by atoms with Gasteiger partial charge in [-0.3, -0.25) is 4.79 Å². The van der Waals surface area contributed by atoms with Crippen LogP contribution in [0.4, 0.5) is 0 Å². The van der Waals surface area contributed by atoms with Gasteiger partial charge in [-0.2, -0.15) is 0 Å². The second-order valence-electron chi connectivity index (χ2n) is 5.16. The van der Waals surface area contributed by atoms with Crippen LogP contribution in [0.2, 0.25) is 5.02 Å². The van der Waals surface area contributed by atoms with Crippen molar-refractivity contribution in [1.82, 2.24) is 14.5 Å². The molecule has 0 aliphatic heterocycles. The third kappa shape index (κ3) is 2.76. The molecule has 0 radical (unpaired) electrons. The van der Waals surface area contributed by atoms with Gasteiger partial charge in [-0.1, -0.05) is 30.3 Å². The van der Waals surface area contributed by atoms with Gasteiger partial charge in [0.15, 0.2) is 10.8 Å². The van der Waals surface area contributed by atoms with Gasteiger partial charge in [-0.15, -0.1) is 0 Å². The zero-order chi connectivity index (χ0) is 14.3. The number of aliphatic carboxylic acids is 1. The summed E-state index contributed by atoms with van der Waals surface area (Å²) in [7, 11) is 0. The number of fused-ring (bicyclic) bond motifs is 1. The van der Waals surface area contributed by atoms with Crippen LogP contribution in [0.3, 0.4) is 0 Å². The molecular formula is C13H14ClN3O2S. The Bertz CT molecular complexity index is 673. The van der Waals surface area contributed by atoms with Crippen LogP contribution in [0.25, 0.3) is 11.2 Å². The van der Waals surface area contributed by atoms with Crippen molar-refractivity contribution in [2.45, 2.75) is 25.0 Å². The molecule has 7 heteroatoms. The number of pyridine rings is 1. The average Bonchev–Trinajstić information content (AvgIpc) is 2.96. The zero-order valence-electron chi connectivity index (χ0n) is 10.9. The molecule has 1 N–H and O–H groups in total. The lowest BCUT2D eigenvalue weighted by Crippen LogP contribution is -2.05. The number of rotatable bonds is 5. The van der Waals surface area contributed by atoms with Gasteiger partial charge in [0.2, 0.25) is 0 Å². The van der Waals surface area contributed by atoms with E-state index in [2.05, 4.69) is 16.9 Å². The number of thioether (sulfide) groups is 1. The minimum absolute atomic E-state index is 0.00270. The second-order valence-corrected chi connectivity index (χ2v) is 6.54. The van der Waals surface area contributed by atoms with Gasteiger partial charge < -0.3 is 9.67 Å². The van der Waals surface area contributed by atoms with Crippen molar-refractivity contribution in [2.75, 3.05) is 5.75 Å². The maximum Gasteiger partial charge on any atom is 0.313 e. The normalized spacial score (nSPS) is 21.3. The SMILES string of the molecule is CC1CC1Cn1c(SCC(=O)O)nc2cc(Cl)cnc21. The molecule has 0 spiro atoms. The van der Waals surface area contributed by atoms with Gasteiger partial charge in [-0.05, 0) is 24.3 Å². The largest absolute Gasteiger partial charge is 0.481 e. The van der Waals surface area contributed by atoms with E-state index in [1.807, 2.05) is 4.57 Å². The van der Waals surface area contributed by atoms with E-state index in [1.54, 1.807) is 12.3 Å². The highest BCUT2D eigenvalue weighted by Gasteiger charge is 2.34. The molecule has 20 heavy (non-hydrogen) atoms. The van der Waals surface area contributed by atoms with Crippen molar-refractivity contribution in [3.8, 4) is 0 Å². The number of halogens is 1. The van der Waals surface area contributed by atoms with Crippen LogP contribution in [0, 0.1) is 11.8 Å². The van der Waals surface area contributed by atoms with E-state index in [0.717, 1.165) is 23.6 Å². The van der Waals surface area contributed by atoms with Gasteiger partial charge in [0.25, 0.3) is 0 Å². The first-order valence-corrected chi connectivity index (χ1v) is 7.77. The van der Waals surface area contributed by atoms with Crippen LogP contribution in [0.1, 0.15) is 13.3 Å². The lowest BCUT2D eigenvalue weighted by Gasteiger charge is -2.06. The Hall–Kier alpha value is -1.27. The first-order chi connectivity index (χ1) is 9.54. The molecule has 0 amide bonds. The van der Waals surface area contributed by atoms with E-state index < -0.39 is 5.97 Å². The smallest absolute Gasteiger partial charge is 0.313 e. The number of aromatic nitrogens is 3. The first-order valence-electron chi connectivity index (χ1n) is 6.41. The van der Waals surface area contributed by atoms with Crippen LogP contribution in [0.5, 0.6) is 0 Å². The van der Waals surface area contributed by atoms with Crippen LogP contribution in [0.15, 0.2) is 17.4 Å². The zero-order valence-corrected chi connectivity index (χ0v) is 12.5. The number of carbonyl (C=O) groups is 1. The van der Waals surface area contributed by atoms with Crippen molar-refractivity contribution in [3.63, 3.8) is 0 Å². The van der Waals surface area contributed by atoms with Gasteiger partial charge >= 0.3 is 5.97 Å². The lowest BCUT2D eigenvalue weighted by atomic mass is 10.3. The van der Waals surface area contributed by atoms with Gasteiger partial charge in [0, 0.05) is 12.7 Å². The third-order valence-corrected chi connectivity index (χ3v) is 4.70. The molecule has 0 bridgehead atoms. The summed E-state index contributed by atoms with van der Waals surface area (Å²) in [4.78, 5) is 19.6. The number of carboxylic acids is 1. The fourth-order valence-electron chi connectivity index (χ4n) is 2.25. The minimum Gasteiger partial charge on any atom is -0.481 e. The highest BCUT2D eigenvalue weighted by atomic mass is 35.5. The number of nitrogens with zero attached hydrogens (tertiary/aromatic N) is 3. The van der Waals surface area contributed by atoms with Gasteiger partial charge in [0.1, 0.15) is 5.52 Å². The molecule has 5 nitrogen and oxygen atoms in total.